The molecule has 40 heavy (non-hydrogen) atoms. The van der Waals surface area contributed by atoms with Gasteiger partial charge in [-0.2, -0.15) is 0 Å². The lowest BCUT2D eigenvalue weighted by Gasteiger charge is -2.18. The maximum absolute atomic E-state index is 12.4. The summed E-state index contributed by atoms with van der Waals surface area (Å²) in [5.74, 6) is -0.422. The van der Waals surface area contributed by atoms with Crippen molar-refractivity contribution in [3.8, 4) is 0 Å². The van der Waals surface area contributed by atoms with E-state index >= 15 is 0 Å². The molecule has 0 aromatic carbocycles. The van der Waals surface area contributed by atoms with Gasteiger partial charge >= 0.3 is 11.9 Å². The SMILES string of the molecule is CCCCCC/C=C\CCCCCCCC(=O)OCC(COCCCCCCCC)OC(=O)CCCCCCC. The average Bonchev–Trinajstić information content (AvgIpc) is 2.95. The fraction of sp³-hybridized carbons (Fsp3) is 0.886. The van der Waals surface area contributed by atoms with Crippen molar-refractivity contribution >= 4 is 11.9 Å². The predicted molar refractivity (Wildman–Crippen MR) is 169 cm³/mol. The Hall–Kier alpha value is -1.36. The van der Waals surface area contributed by atoms with Crippen LogP contribution in [0, 0.1) is 0 Å². The summed E-state index contributed by atoms with van der Waals surface area (Å²) < 4.78 is 16.9. The summed E-state index contributed by atoms with van der Waals surface area (Å²) in [4.78, 5) is 24.6. The molecule has 0 aromatic rings. The van der Waals surface area contributed by atoms with E-state index < -0.39 is 6.10 Å². The minimum absolute atomic E-state index is 0.0850. The summed E-state index contributed by atoms with van der Waals surface area (Å²) >= 11 is 0. The number of ether oxygens (including phenoxy) is 3. The molecule has 0 bridgehead atoms. The molecule has 0 aliphatic carbocycles. The van der Waals surface area contributed by atoms with Crippen LogP contribution in [0.4, 0.5) is 0 Å². The maximum Gasteiger partial charge on any atom is 0.306 e. The molecule has 0 radical (unpaired) electrons. The van der Waals surface area contributed by atoms with Gasteiger partial charge in [0.2, 0.25) is 0 Å². The standard InChI is InChI=1S/C35H66O5/c1-4-7-10-13-15-16-17-18-19-20-21-23-25-28-34(36)39-32-33(31-38-30-27-24-14-11-8-5-2)40-35(37)29-26-22-12-9-6-3/h16-17,33H,4-15,18-32H2,1-3H3/b17-16-. The summed E-state index contributed by atoms with van der Waals surface area (Å²) in [6.45, 7) is 7.68. The van der Waals surface area contributed by atoms with Crippen molar-refractivity contribution in [1.29, 1.82) is 0 Å². The topological polar surface area (TPSA) is 61.8 Å². The molecule has 0 heterocycles. The molecular formula is C35H66O5. The summed E-state index contributed by atoms with van der Waals surface area (Å²) in [6, 6.07) is 0. The first kappa shape index (κ1) is 38.6. The monoisotopic (exact) mass is 566 g/mol. The first-order chi connectivity index (χ1) is 19.6. The first-order valence-corrected chi connectivity index (χ1v) is 17.2. The van der Waals surface area contributed by atoms with Gasteiger partial charge in [0.05, 0.1) is 6.61 Å². The van der Waals surface area contributed by atoms with Gasteiger partial charge in [0.1, 0.15) is 6.61 Å². The van der Waals surface area contributed by atoms with Crippen molar-refractivity contribution in [1.82, 2.24) is 0 Å². The molecule has 236 valence electrons. The number of rotatable bonds is 31. The summed E-state index contributed by atoms with van der Waals surface area (Å²) in [6.07, 6.45) is 30.8. The van der Waals surface area contributed by atoms with Crippen molar-refractivity contribution in [2.45, 2.75) is 181 Å². The van der Waals surface area contributed by atoms with E-state index in [1.807, 2.05) is 0 Å². The van der Waals surface area contributed by atoms with Crippen LogP contribution in [0.3, 0.4) is 0 Å². The number of esters is 2. The molecule has 0 spiro atoms. The Kier molecular flexibility index (Phi) is 31.1. The zero-order chi connectivity index (χ0) is 29.4. The van der Waals surface area contributed by atoms with E-state index in [0.717, 1.165) is 57.8 Å². The van der Waals surface area contributed by atoms with Crippen LogP contribution in [0.2, 0.25) is 0 Å². The van der Waals surface area contributed by atoms with Crippen LogP contribution < -0.4 is 0 Å². The van der Waals surface area contributed by atoms with Crippen molar-refractivity contribution < 1.29 is 23.8 Å². The van der Waals surface area contributed by atoms with Gasteiger partial charge in [0, 0.05) is 19.4 Å². The van der Waals surface area contributed by atoms with Crippen LogP contribution in [-0.4, -0.2) is 37.9 Å². The van der Waals surface area contributed by atoms with E-state index in [9.17, 15) is 9.59 Å². The van der Waals surface area contributed by atoms with Gasteiger partial charge in [0.15, 0.2) is 6.10 Å². The van der Waals surface area contributed by atoms with Crippen molar-refractivity contribution in [2.24, 2.45) is 0 Å². The highest BCUT2D eigenvalue weighted by molar-refractivity contribution is 5.70. The molecule has 5 nitrogen and oxygen atoms in total. The smallest absolute Gasteiger partial charge is 0.306 e. The Balaban J connectivity index is 4.08. The lowest BCUT2D eigenvalue weighted by Crippen LogP contribution is -2.30. The molecule has 0 aliphatic heterocycles. The first-order valence-electron chi connectivity index (χ1n) is 17.2. The second kappa shape index (κ2) is 32.2. The molecule has 0 amide bonds. The summed E-state index contributed by atoms with van der Waals surface area (Å²) in [5, 5.41) is 0. The summed E-state index contributed by atoms with van der Waals surface area (Å²) in [5.41, 5.74) is 0. The second-order valence-electron chi connectivity index (χ2n) is 11.4. The van der Waals surface area contributed by atoms with E-state index in [4.69, 9.17) is 14.2 Å². The normalized spacial score (nSPS) is 12.2. The van der Waals surface area contributed by atoms with Crippen molar-refractivity contribution in [2.75, 3.05) is 19.8 Å². The minimum atomic E-state index is -0.521. The predicted octanol–water partition coefficient (Wildman–Crippen LogP) is 10.4. The maximum atomic E-state index is 12.4. The van der Waals surface area contributed by atoms with E-state index in [1.54, 1.807) is 0 Å². The fourth-order valence-electron chi connectivity index (χ4n) is 4.68. The molecule has 0 fully saturated rings. The van der Waals surface area contributed by atoms with Gasteiger partial charge in [0.25, 0.3) is 0 Å². The highest BCUT2D eigenvalue weighted by Gasteiger charge is 2.17. The van der Waals surface area contributed by atoms with Gasteiger partial charge < -0.3 is 14.2 Å². The van der Waals surface area contributed by atoms with Crippen molar-refractivity contribution in [3.05, 3.63) is 12.2 Å². The second-order valence-corrected chi connectivity index (χ2v) is 11.4. The Morgan fingerprint density at radius 2 is 0.975 bits per heavy atom. The Morgan fingerprint density at radius 1 is 0.525 bits per heavy atom. The number of unbranched alkanes of at least 4 members (excludes halogenated alkanes) is 18. The molecule has 0 rings (SSSR count). The third-order valence-electron chi connectivity index (χ3n) is 7.30. The van der Waals surface area contributed by atoms with E-state index in [0.29, 0.717) is 19.4 Å². The largest absolute Gasteiger partial charge is 0.462 e. The number of carbonyl (C=O) groups excluding carboxylic acids is 2. The molecule has 0 N–H and O–H groups in total. The number of carbonyl (C=O) groups is 2. The molecule has 0 aliphatic rings. The average molecular weight is 567 g/mol. The number of hydrogen-bond acceptors (Lipinski definition) is 5. The third-order valence-corrected chi connectivity index (χ3v) is 7.30. The van der Waals surface area contributed by atoms with Crippen LogP contribution in [-0.2, 0) is 23.8 Å². The number of allylic oxidation sites excluding steroid dienone is 2. The van der Waals surface area contributed by atoms with Crippen LogP contribution in [0.15, 0.2) is 12.2 Å². The molecule has 0 saturated carbocycles. The van der Waals surface area contributed by atoms with Gasteiger partial charge in [-0.3, -0.25) is 9.59 Å². The molecule has 1 unspecified atom stereocenters. The van der Waals surface area contributed by atoms with Crippen LogP contribution in [0.25, 0.3) is 0 Å². The van der Waals surface area contributed by atoms with E-state index in [-0.39, 0.29) is 25.2 Å². The Bertz CT molecular complexity index is 574. The van der Waals surface area contributed by atoms with Crippen LogP contribution >= 0.6 is 0 Å². The molecule has 5 heteroatoms. The lowest BCUT2D eigenvalue weighted by atomic mass is 10.1. The van der Waals surface area contributed by atoms with Gasteiger partial charge in [-0.15, -0.1) is 0 Å². The Labute approximate surface area is 248 Å². The lowest BCUT2D eigenvalue weighted by molar-refractivity contribution is -0.163. The molecule has 0 aromatic heterocycles. The molecular weight excluding hydrogens is 500 g/mol. The van der Waals surface area contributed by atoms with Gasteiger partial charge in [-0.25, -0.2) is 0 Å². The fourth-order valence-corrected chi connectivity index (χ4v) is 4.68. The number of hydrogen-bond donors (Lipinski definition) is 0. The van der Waals surface area contributed by atoms with Crippen LogP contribution in [0.5, 0.6) is 0 Å². The zero-order valence-electron chi connectivity index (χ0n) is 26.9. The third kappa shape index (κ3) is 29.6. The van der Waals surface area contributed by atoms with E-state index in [2.05, 4.69) is 32.9 Å². The van der Waals surface area contributed by atoms with Crippen LogP contribution in [0.1, 0.15) is 175 Å². The molecule has 0 saturated heterocycles. The quantitative estimate of drug-likeness (QED) is 0.0474. The van der Waals surface area contributed by atoms with Gasteiger partial charge in [-0.05, 0) is 44.9 Å². The Morgan fingerprint density at radius 3 is 1.55 bits per heavy atom. The highest BCUT2D eigenvalue weighted by atomic mass is 16.6. The minimum Gasteiger partial charge on any atom is -0.462 e. The zero-order valence-corrected chi connectivity index (χ0v) is 26.9. The molecule has 1 atom stereocenters. The summed E-state index contributed by atoms with van der Waals surface area (Å²) in [7, 11) is 0. The van der Waals surface area contributed by atoms with Crippen molar-refractivity contribution in [3.63, 3.8) is 0 Å². The highest BCUT2D eigenvalue weighted by Crippen LogP contribution is 2.11. The van der Waals surface area contributed by atoms with Gasteiger partial charge in [-0.1, -0.05) is 129 Å². The van der Waals surface area contributed by atoms with E-state index in [1.165, 1.54) is 83.5 Å².